The van der Waals surface area contributed by atoms with Crippen molar-refractivity contribution in [3.05, 3.63) is 35.9 Å². The molecule has 126 valence electrons. The first-order chi connectivity index (χ1) is 11.3. The number of ether oxygens (including phenoxy) is 1. The van der Waals surface area contributed by atoms with Gasteiger partial charge in [-0.3, -0.25) is 0 Å². The third-order valence-corrected chi connectivity index (χ3v) is 4.81. The average molecular weight is 318 g/mol. The van der Waals surface area contributed by atoms with Crippen LogP contribution >= 0.6 is 0 Å². The molecular weight excluding hydrogens is 292 g/mol. The van der Waals surface area contributed by atoms with Crippen molar-refractivity contribution in [2.24, 2.45) is 0 Å². The highest BCUT2D eigenvalue weighted by Gasteiger charge is 2.35. The van der Waals surface area contributed by atoms with Crippen LogP contribution in [0.15, 0.2) is 30.3 Å². The van der Waals surface area contributed by atoms with Gasteiger partial charge in [0, 0.05) is 13.0 Å². The standard InChI is InChI=1S/C18H26N2O3/c21-17(20-23-16-11-5-8-14-22-16)19-18(12-6-2-7-13-18)15-9-3-1-4-10-15/h1,3-4,9-10,16H,2,5-8,11-14H2,(H2,19,20,21). The van der Waals surface area contributed by atoms with Crippen molar-refractivity contribution in [1.29, 1.82) is 0 Å². The molecule has 1 unspecified atom stereocenters. The smallest absolute Gasteiger partial charge is 0.339 e. The van der Waals surface area contributed by atoms with Gasteiger partial charge in [-0.2, -0.15) is 0 Å². The molecule has 2 fully saturated rings. The molecule has 0 bridgehead atoms. The lowest BCUT2D eigenvalue weighted by molar-refractivity contribution is -0.186. The van der Waals surface area contributed by atoms with Gasteiger partial charge >= 0.3 is 6.03 Å². The lowest BCUT2D eigenvalue weighted by atomic mass is 9.76. The minimum absolute atomic E-state index is 0.287. The predicted octanol–water partition coefficient (Wildman–Crippen LogP) is 3.60. The van der Waals surface area contributed by atoms with Crippen molar-refractivity contribution in [1.82, 2.24) is 10.8 Å². The Hall–Kier alpha value is -1.59. The van der Waals surface area contributed by atoms with E-state index in [1.807, 2.05) is 18.2 Å². The first kappa shape index (κ1) is 16.3. The van der Waals surface area contributed by atoms with Gasteiger partial charge in [0.2, 0.25) is 0 Å². The molecule has 2 aliphatic rings. The maximum Gasteiger partial charge on any atom is 0.339 e. The third kappa shape index (κ3) is 4.24. The molecule has 1 aromatic carbocycles. The summed E-state index contributed by atoms with van der Waals surface area (Å²) in [5, 5.41) is 3.16. The molecule has 1 aromatic rings. The Kier molecular flexibility index (Phi) is 5.51. The van der Waals surface area contributed by atoms with E-state index in [1.165, 1.54) is 12.0 Å². The second-order valence-corrected chi connectivity index (χ2v) is 6.48. The first-order valence-corrected chi connectivity index (χ1v) is 8.69. The van der Waals surface area contributed by atoms with Crippen LogP contribution in [0.1, 0.15) is 56.9 Å². The summed E-state index contributed by atoms with van der Waals surface area (Å²) in [5.74, 6) is 0. The van der Waals surface area contributed by atoms with Gasteiger partial charge < -0.3 is 10.1 Å². The van der Waals surface area contributed by atoms with Gasteiger partial charge in [-0.1, -0.05) is 49.6 Å². The molecule has 0 radical (unpaired) electrons. The molecule has 23 heavy (non-hydrogen) atoms. The number of carbonyl (C=O) groups is 1. The number of amides is 2. The van der Waals surface area contributed by atoms with Crippen molar-refractivity contribution in [3.8, 4) is 0 Å². The highest BCUT2D eigenvalue weighted by Crippen LogP contribution is 2.36. The Morgan fingerprint density at radius 3 is 2.57 bits per heavy atom. The van der Waals surface area contributed by atoms with E-state index in [4.69, 9.17) is 9.57 Å². The van der Waals surface area contributed by atoms with Crippen LogP contribution in [0.5, 0.6) is 0 Å². The predicted molar refractivity (Wildman–Crippen MR) is 87.5 cm³/mol. The molecule has 1 saturated carbocycles. The number of rotatable bonds is 4. The van der Waals surface area contributed by atoms with Crippen LogP contribution in [0.25, 0.3) is 0 Å². The summed E-state index contributed by atoms with van der Waals surface area (Å²) in [5.41, 5.74) is 3.40. The largest absolute Gasteiger partial charge is 0.350 e. The second kappa shape index (κ2) is 7.79. The number of urea groups is 1. The lowest BCUT2D eigenvalue weighted by Gasteiger charge is -2.38. The Balaban J connectivity index is 1.60. The summed E-state index contributed by atoms with van der Waals surface area (Å²) < 4.78 is 5.46. The fourth-order valence-corrected chi connectivity index (χ4v) is 3.56. The van der Waals surface area contributed by atoms with Gasteiger partial charge in [0.15, 0.2) is 6.29 Å². The van der Waals surface area contributed by atoms with Crippen LogP contribution in [-0.2, 0) is 15.1 Å². The monoisotopic (exact) mass is 318 g/mol. The quantitative estimate of drug-likeness (QED) is 0.834. The highest BCUT2D eigenvalue weighted by atomic mass is 16.8. The Labute approximate surface area is 137 Å². The molecule has 0 spiro atoms. The molecule has 3 rings (SSSR count). The summed E-state index contributed by atoms with van der Waals surface area (Å²) in [6.07, 6.45) is 8.03. The van der Waals surface area contributed by atoms with Gasteiger partial charge in [0.25, 0.3) is 0 Å². The topological polar surface area (TPSA) is 59.6 Å². The van der Waals surface area contributed by atoms with E-state index in [1.54, 1.807) is 0 Å². The first-order valence-electron chi connectivity index (χ1n) is 8.69. The molecular formula is C18H26N2O3. The molecule has 1 saturated heterocycles. The molecule has 0 aromatic heterocycles. The van der Waals surface area contributed by atoms with Crippen LogP contribution in [-0.4, -0.2) is 18.9 Å². The summed E-state index contributed by atoms with van der Waals surface area (Å²) in [4.78, 5) is 17.7. The Bertz CT molecular complexity index is 494. The van der Waals surface area contributed by atoms with E-state index in [2.05, 4.69) is 22.9 Å². The maximum absolute atomic E-state index is 12.3. The SMILES string of the molecule is O=C(NOC1CCCCO1)NC1(c2ccccc2)CCCCC1. The zero-order valence-corrected chi connectivity index (χ0v) is 13.6. The highest BCUT2D eigenvalue weighted by molar-refractivity contribution is 5.74. The number of benzene rings is 1. The molecule has 2 N–H and O–H groups in total. The van der Waals surface area contributed by atoms with Crippen LogP contribution in [0.3, 0.4) is 0 Å². The van der Waals surface area contributed by atoms with Crippen molar-refractivity contribution < 1.29 is 14.4 Å². The number of carbonyl (C=O) groups excluding carboxylic acids is 1. The fourth-order valence-electron chi connectivity index (χ4n) is 3.56. The van der Waals surface area contributed by atoms with E-state index in [0.29, 0.717) is 6.61 Å². The van der Waals surface area contributed by atoms with Gasteiger partial charge in [0.1, 0.15) is 0 Å². The zero-order valence-electron chi connectivity index (χ0n) is 13.6. The van der Waals surface area contributed by atoms with Crippen LogP contribution < -0.4 is 10.8 Å². The number of nitrogens with one attached hydrogen (secondary N) is 2. The van der Waals surface area contributed by atoms with Crippen LogP contribution in [0.4, 0.5) is 4.79 Å². The van der Waals surface area contributed by atoms with Crippen molar-refractivity contribution >= 4 is 6.03 Å². The zero-order chi connectivity index (χ0) is 16.0. The van der Waals surface area contributed by atoms with Crippen molar-refractivity contribution in [2.45, 2.75) is 63.2 Å². The van der Waals surface area contributed by atoms with Crippen LogP contribution in [0, 0.1) is 0 Å². The minimum Gasteiger partial charge on any atom is -0.350 e. The molecule has 5 nitrogen and oxygen atoms in total. The van der Waals surface area contributed by atoms with Crippen molar-refractivity contribution in [3.63, 3.8) is 0 Å². The number of hydroxylamine groups is 1. The second-order valence-electron chi connectivity index (χ2n) is 6.48. The third-order valence-electron chi connectivity index (χ3n) is 4.81. The van der Waals surface area contributed by atoms with Gasteiger partial charge in [-0.25, -0.2) is 15.1 Å². The van der Waals surface area contributed by atoms with Crippen molar-refractivity contribution in [2.75, 3.05) is 6.61 Å². The van der Waals surface area contributed by atoms with E-state index in [-0.39, 0.29) is 17.9 Å². The summed E-state index contributed by atoms with van der Waals surface area (Å²) >= 11 is 0. The fraction of sp³-hybridized carbons (Fsp3) is 0.611. The molecule has 1 atom stereocenters. The average Bonchev–Trinajstić information content (AvgIpc) is 2.62. The number of hydrogen-bond donors (Lipinski definition) is 2. The summed E-state index contributed by atoms with van der Waals surface area (Å²) in [6.45, 7) is 0.696. The van der Waals surface area contributed by atoms with Crippen LogP contribution in [0.2, 0.25) is 0 Å². The van der Waals surface area contributed by atoms with Gasteiger partial charge in [0.05, 0.1) is 5.54 Å². The van der Waals surface area contributed by atoms with E-state index >= 15 is 0 Å². The lowest BCUT2D eigenvalue weighted by Crippen LogP contribution is -2.51. The molecule has 1 aliphatic carbocycles. The summed E-state index contributed by atoms with van der Waals surface area (Å²) in [6, 6.07) is 9.96. The molecule has 5 heteroatoms. The van der Waals surface area contributed by atoms with Gasteiger partial charge in [-0.05, 0) is 31.2 Å². The van der Waals surface area contributed by atoms with E-state index < -0.39 is 0 Å². The molecule has 1 heterocycles. The summed E-state index contributed by atoms with van der Waals surface area (Å²) in [7, 11) is 0. The Morgan fingerprint density at radius 2 is 1.87 bits per heavy atom. The minimum atomic E-state index is -0.325. The van der Waals surface area contributed by atoms with E-state index in [9.17, 15) is 4.79 Å². The van der Waals surface area contributed by atoms with E-state index in [0.717, 1.165) is 44.9 Å². The molecule has 1 aliphatic heterocycles. The Morgan fingerprint density at radius 1 is 1.09 bits per heavy atom. The molecule has 2 amide bonds. The maximum atomic E-state index is 12.3. The normalized spacial score (nSPS) is 23.9. The number of hydrogen-bond acceptors (Lipinski definition) is 3. The van der Waals surface area contributed by atoms with Gasteiger partial charge in [-0.15, -0.1) is 0 Å².